The van der Waals surface area contributed by atoms with Crippen LogP contribution in [0.15, 0.2) is 0 Å². The van der Waals surface area contributed by atoms with E-state index in [0.29, 0.717) is 12.0 Å². The number of thioether (sulfide) groups is 1. The topological polar surface area (TPSA) is 56.5 Å². The van der Waals surface area contributed by atoms with Crippen molar-refractivity contribution in [3.05, 3.63) is 0 Å². The number of rotatable bonds is 5. The molecule has 0 aromatic rings. The minimum Gasteiger partial charge on any atom is -0.378 e. The molecule has 3 rings (SSSR count). The van der Waals surface area contributed by atoms with Crippen LogP contribution in [0.3, 0.4) is 0 Å². The van der Waals surface area contributed by atoms with E-state index in [1.165, 1.54) is 50.0 Å². The van der Waals surface area contributed by atoms with Gasteiger partial charge in [0.2, 0.25) is 0 Å². The number of methoxy groups -OCH3 is 1. The van der Waals surface area contributed by atoms with Gasteiger partial charge < -0.3 is 9.47 Å². The van der Waals surface area contributed by atoms with E-state index in [1.54, 1.807) is 0 Å². The van der Waals surface area contributed by atoms with Crippen LogP contribution in [0.5, 0.6) is 0 Å². The molecule has 122 valence electrons. The molecule has 3 fully saturated rings. The van der Waals surface area contributed by atoms with Crippen molar-refractivity contribution in [2.45, 2.75) is 68.6 Å². The Morgan fingerprint density at radius 3 is 2.67 bits per heavy atom. The SMILES string of the molecule is COC1(CC(NN)C2CCOC3(CCSCC3)C2)CCC1. The van der Waals surface area contributed by atoms with Crippen molar-refractivity contribution in [3.63, 3.8) is 0 Å². The monoisotopic (exact) mass is 314 g/mol. The molecule has 2 saturated heterocycles. The average Bonchev–Trinajstić information content (AvgIpc) is 2.48. The van der Waals surface area contributed by atoms with Gasteiger partial charge in [-0.3, -0.25) is 11.3 Å². The summed E-state index contributed by atoms with van der Waals surface area (Å²) in [6.45, 7) is 0.896. The Hall–Kier alpha value is 0.190. The first-order chi connectivity index (χ1) is 10.2. The Balaban J connectivity index is 1.63. The molecule has 1 aliphatic carbocycles. The highest BCUT2D eigenvalue weighted by atomic mass is 32.2. The van der Waals surface area contributed by atoms with Gasteiger partial charge in [-0.2, -0.15) is 11.8 Å². The van der Waals surface area contributed by atoms with E-state index in [9.17, 15) is 0 Å². The van der Waals surface area contributed by atoms with Crippen molar-refractivity contribution in [1.82, 2.24) is 5.43 Å². The van der Waals surface area contributed by atoms with Crippen LogP contribution >= 0.6 is 11.8 Å². The summed E-state index contributed by atoms with van der Waals surface area (Å²) in [5.41, 5.74) is 3.34. The van der Waals surface area contributed by atoms with Gasteiger partial charge in [0.25, 0.3) is 0 Å². The van der Waals surface area contributed by atoms with Crippen LogP contribution in [0.1, 0.15) is 51.4 Å². The second-order valence-corrected chi connectivity index (χ2v) is 8.34. The van der Waals surface area contributed by atoms with Crippen LogP contribution in [0.4, 0.5) is 0 Å². The molecule has 0 radical (unpaired) electrons. The van der Waals surface area contributed by atoms with Crippen LogP contribution in [0.2, 0.25) is 0 Å². The number of nitrogens with one attached hydrogen (secondary N) is 1. The molecule has 0 aromatic carbocycles. The fourth-order valence-corrected chi connectivity index (χ4v) is 5.56. The first kappa shape index (κ1) is 16.1. The molecule has 4 nitrogen and oxygen atoms in total. The predicted molar refractivity (Wildman–Crippen MR) is 87.3 cm³/mol. The molecular weight excluding hydrogens is 284 g/mol. The third kappa shape index (κ3) is 3.42. The van der Waals surface area contributed by atoms with Gasteiger partial charge in [0.05, 0.1) is 11.2 Å². The minimum absolute atomic E-state index is 0.0882. The van der Waals surface area contributed by atoms with Crippen molar-refractivity contribution >= 4 is 11.8 Å². The summed E-state index contributed by atoms with van der Waals surface area (Å²) in [6.07, 6.45) is 9.43. The lowest BCUT2D eigenvalue weighted by Gasteiger charge is -2.48. The maximum atomic E-state index is 6.21. The molecule has 2 heterocycles. The van der Waals surface area contributed by atoms with E-state index < -0.39 is 0 Å². The van der Waals surface area contributed by atoms with E-state index in [4.69, 9.17) is 15.3 Å². The van der Waals surface area contributed by atoms with E-state index >= 15 is 0 Å². The Bertz CT molecular complexity index is 332. The van der Waals surface area contributed by atoms with E-state index in [0.717, 1.165) is 19.4 Å². The molecule has 2 unspecified atom stereocenters. The zero-order chi connectivity index (χ0) is 14.8. The standard InChI is InChI=1S/C16H30N2O2S/c1-19-15(4-2-5-15)12-14(18-17)13-3-8-20-16(11-13)6-9-21-10-7-16/h13-14,18H,2-12,17H2,1H3. The molecule has 21 heavy (non-hydrogen) atoms. The van der Waals surface area contributed by atoms with E-state index in [2.05, 4.69) is 17.2 Å². The Kier molecular flexibility index (Phi) is 5.16. The van der Waals surface area contributed by atoms with Gasteiger partial charge >= 0.3 is 0 Å². The van der Waals surface area contributed by atoms with Gasteiger partial charge in [0.15, 0.2) is 0 Å². The molecule has 5 heteroatoms. The highest BCUT2D eigenvalue weighted by Gasteiger charge is 2.45. The molecule has 0 bridgehead atoms. The Morgan fingerprint density at radius 1 is 1.33 bits per heavy atom. The third-order valence-corrected chi connectivity index (χ3v) is 6.99. The summed E-state index contributed by atoms with van der Waals surface area (Å²) in [5.74, 6) is 9.03. The smallest absolute Gasteiger partial charge is 0.0701 e. The fraction of sp³-hybridized carbons (Fsp3) is 1.00. The zero-order valence-corrected chi connectivity index (χ0v) is 14.1. The van der Waals surface area contributed by atoms with Crippen molar-refractivity contribution < 1.29 is 9.47 Å². The lowest BCUT2D eigenvalue weighted by molar-refractivity contribution is -0.121. The molecule has 3 aliphatic rings. The predicted octanol–water partition coefficient (Wildman–Crippen LogP) is 2.47. The van der Waals surface area contributed by atoms with Crippen LogP contribution in [0.25, 0.3) is 0 Å². The Morgan fingerprint density at radius 2 is 2.10 bits per heavy atom. The second kappa shape index (κ2) is 6.75. The molecule has 0 amide bonds. The fourth-order valence-electron chi connectivity index (χ4n) is 4.33. The lowest BCUT2D eigenvalue weighted by Crippen LogP contribution is -2.54. The third-order valence-electron chi connectivity index (χ3n) is 6.01. The number of nitrogens with two attached hydrogens (primary N) is 1. The zero-order valence-electron chi connectivity index (χ0n) is 13.2. The molecular formula is C16H30N2O2S. The van der Waals surface area contributed by atoms with Crippen molar-refractivity contribution in [2.75, 3.05) is 25.2 Å². The first-order valence-corrected chi connectivity index (χ1v) is 9.59. The van der Waals surface area contributed by atoms with Crippen LogP contribution in [0, 0.1) is 5.92 Å². The van der Waals surface area contributed by atoms with Gasteiger partial charge in [-0.25, -0.2) is 0 Å². The molecule has 0 aromatic heterocycles. The summed E-state index contributed by atoms with van der Waals surface area (Å²) < 4.78 is 12.0. The van der Waals surface area contributed by atoms with Crippen molar-refractivity contribution in [1.29, 1.82) is 0 Å². The quantitative estimate of drug-likeness (QED) is 0.603. The summed E-state index contributed by atoms with van der Waals surface area (Å²) in [7, 11) is 1.86. The van der Waals surface area contributed by atoms with E-state index in [1.807, 2.05) is 7.11 Å². The molecule has 3 N–H and O–H groups in total. The summed E-state index contributed by atoms with van der Waals surface area (Å²) >= 11 is 2.06. The van der Waals surface area contributed by atoms with Crippen LogP contribution < -0.4 is 11.3 Å². The van der Waals surface area contributed by atoms with Crippen LogP contribution in [-0.2, 0) is 9.47 Å². The van der Waals surface area contributed by atoms with Gasteiger partial charge in [-0.05, 0) is 68.8 Å². The lowest BCUT2D eigenvalue weighted by atomic mass is 9.71. The van der Waals surface area contributed by atoms with Gasteiger partial charge in [-0.15, -0.1) is 0 Å². The minimum atomic E-state index is 0.0882. The average molecular weight is 314 g/mol. The number of ether oxygens (including phenoxy) is 2. The van der Waals surface area contributed by atoms with Crippen molar-refractivity contribution in [2.24, 2.45) is 11.8 Å². The first-order valence-electron chi connectivity index (χ1n) is 8.44. The van der Waals surface area contributed by atoms with E-state index in [-0.39, 0.29) is 11.2 Å². The number of hydrogen-bond donors (Lipinski definition) is 2. The number of hydrogen-bond acceptors (Lipinski definition) is 5. The molecule has 1 spiro atoms. The molecule has 2 aliphatic heterocycles. The van der Waals surface area contributed by atoms with Gasteiger partial charge in [0.1, 0.15) is 0 Å². The van der Waals surface area contributed by atoms with Gasteiger partial charge in [0, 0.05) is 19.8 Å². The number of hydrazine groups is 1. The second-order valence-electron chi connectivity index (χ2n) is 7.11. The Labute approximate surface area is 132 Å². The normalized spacial score (nSPS) is 32.6. The van der Waals surface area contributed by atoms with Gasteiger partial charge in [-0.1, -0.05) is 0 Å². The molecule has 1 saturated carbocycles. The van der Waals surface area contributed by atoms with Crippen LogP contribution in [-0.4, -0.2) is 42.5 Å². The summed E-state index contributed by atoms with van der Waals surface area (Å²) in [5, 5.41) is 0. The maximum Gasteiger partial charge on any atom is 0.0701 e. The van der Waals surface area contributed by atoms with Crippen molar-refractivity contribution in [3.8, 4) is 0 Å². The largest absolute Gasteiger partial charge is 0.378 e. The maximum absolute atomic E-state index is 6.21. The highest BCUT2D eigenvalue weighted by molar-refractivity contribution is 7.99. The summed E-state index contributed by atoms with van der Waals surface area (Å²) in [6, 6.07) is 0.362. The molecule has 2 atom stereocenters. The highest BCUT2D eigenvalue weighted by Crippen LogP contribution is 2.44. The summed E-state index contributed by atoms with van der Waals surface area (Å²) in [4.78, 5) is 0.